The number of aromatic nitrogens is 1. The number of aromatic hydroxyl groups is 1. The number of anilines is 1. The van der Waals surface area contributed by atoms with Gasteiger partial charge < -0.3 is 19.6 Å². The molecule has 2 heterocycles. The van der Waals surface area contributed by atoms with Gasteiger partial charge in [-0.3, -0.25) is 5.21 Å². The molecule has 28 heavy (non-hydrogen) atoms. The van der Waals surface area contributed by atoms with E-state index in [9.17, 15) is 23.5 Å². The highest BCUT2D eigenvalue weighted by atomic mass is 19.4. The summed E-state index contributed by atoms with van der Waals surface area (Å²) in [6.45, 7) is 2.03. The summed E-state index contributed by atoms with van der Waals surface area (Å²) in [5.41, 5.74) is 2.36. The van der Waals surface area contributed by atoms with Crippen molar-refractivity contribution >= 4 is 17.5 Å². The normalized spacial score (nSPS) is 15.5. The van der Waals surface area contributed by atoms with E-state index in [0.717, 1.165) is 12.1 Å². The molecule has 1 saturated heterocycles. The van der Waals surface area contributed by atoms with Crippen molar-refractivity contribution in [3.05, 3.63) is 42.6 Å². The lowest BCUT2D eigenvalue weighted by molar-refractivity contribution is -0.274. The Kier molecular flexibility index (Phi) is 5.73. The largest absolute Gasteiger partial charge is 0.573 e. The minimum atomic E-state index is -4.76. The minimum absolute atomic E-state index is 0.0892. The number of aliphatic imine (C=N–C) groups is 1. The molecule has 11 heteroatoms. The molecule has 0 aliphatic carbocycles. The van der Waals surface area contributed by atoms with Crippen LogP contribution in [0.3, 0.4) is 0 Å². The summed E-state index contributed by atoms with van der Waals surface area (Å²) in [5, 5.41) is 19.3. The number of hydroxylamine groups is 1. The molecule has 1 aliphatic heterocycles. The first-order valence-electron chi connectivity index (χ1n) is 8.34. The van der Waals surface area contributed by atoms with Crippen molar-refractivity contribution in [1.82, 2.24) is 15.4 Å². The number of alkyl halides is 3. The molecule has 2 aromatic rings. The first-order valence-corrected chi connectivity index (χ1v) is 8.34. The van der Waals surface area contributed by atoms with Gasteiger partial charge in [-0.15, -0.1) is 13.2 Å². The maximum atomic E-state index is 12.2. The predicted molar refractivity (Wildman–Crippen MR) is 94.8 cm³/mol. The maximum Gasteiger partial charge on any atom is 0.573 e. The molecule has 1 aliphatic rings. The molecule has 0 atom stereocenters. The Morgan fingerprint density at radius 1 is 1.11 bits per heavy atom. The SMILES string of the molecule is ONC(=Nc1ccc(OC(F)(F)F)cc1)N1CCN(c2ncccc2O)CC1. The van der Waals surface area contributed by atoms with Crippen molar-refractivity contribution in [2.75, 3.05) is 31.1 Å². The van der Waals surface area contributed by atoms with Crippen LogP contribution in [-0.2, 0) is 0 Å². The van der Waals surface area contributed by atoms with E-state index in [1.165, 1.54) is 12.1 Å². The fourth-order valence-corrected chi connectivity index (χ4v) is 2.77. The summed E-state index contributed by atoms with van der Waals surface area (Å²) < 4.78 is 40.4. The fraction of sp³-hybridized carbons (Fsp3) is 0.294. The second-order valence-corrected chi connectivity index (χ2v) is 5.91. The van der Waals surface area contributed by atoms with Gasteiger partial charge in [0, 0.05) is 32.4 Å². The van der Waals surface area contributed by atoms with Gasteiger partial charge in [-0.25, -0.2) is 15.5 Å². The maximum absolute atomic E-state index is 12.2. The number of pyridine rings is 1. The Morgan fingerprint density at radius 2 is 1.79 bits per heavy atom. The second-order valence-electron chi connectivity index (χ2n) is 5.91. The predicted octanol–water partition coefficient (Wildman–Crippen LogP) is 2.47. The molecule has 3 rings (SSSR count). The van der Waals surface area contributed by atoms with E-state index in [1.54, 1.807) is 23.2 Å². The average molecular weight is 397 g/mol. The molecule has 0 amide bonds. The van der Waals surface area contributed by atoms with Crippen LogP contribution in [0.15, 0.2) is 47.6 Å². The molecule has 150 valence electrons. The van der Waals surface area contributed by atoms with Crippen LogP contribution in [0, 0.1) is 0 Å². The summed E-state index contributed by atoms with van der Waals surface area (Å²) in [4.78, 5) is 12.1. The number of nitrogens with zero attached hydrogens (tertiary/aromatic N) is 4. The molecule has 1 aromatic carbocycles. The van der Waals surface area contributed by atoms with Gasteiger partial charge in [0.15, 0.2) is 11.6 Å². The van der Waals surface area contributed by atoms with Crippen LogP contribution in [0.4, 0.5) is 24.7 Å². The molecule has 0 spiro atoms. The van der Waals surface area contributed by atoms with Gasteiger partial charge in [0.1, 0.15) is 5.75 Å². The topological polar surface area (TPSA) is 93.5 Å². The Balaban J connectivity index is 1.65. The number of hydrogen-bond acceptors (Lipinski definition) is 6. The molecular weight excluding hydrogens is 379 g/mol. The van der Waals surface area contributed by atoms with Crippen LogP contribution in [0.5, 0.6) is 11.5 Å². The zero-order valence-electron chi connectivity index (χ0n) is 14.6. The lowest BCUT2D eigenvalue weighted by Gasteiger charge is -2.36. The summed E-state index contributed by atoms with van der Waals surface area (Å²) >= 11 is 0. The van der Waals surface area contributed by atoms with Gasteiger partial charge in [-0.1, -0.05) is 0 Å². The molecule has 0 saturated carbocycles. The Labute approximate surface area is 158 Å². The van der Waals surface area contributed by atoms with Crippen molar-refractivity contribution in [2.45, 2.75) is 6.36 Å². The molecule has 3 N–H and O–H groups in total. The van der Waals surface area contributed by atoms with Crippen molar-refractivity contribution in [1.29, 1.82) is 0 Å². The van der Waals surface area contributed by atoms with Crippen molar-refractivity contribution in [3.63, 3.8) is 0 Å². The van der Waals surface area contributed by atoms with Crippen LogP contribution in [0.25, 0.3) is 0 Å². The average Bonchev–Trinajstić information content (AvgIpc) is 2.67. The van der Waals surface area contributed by atoms with Crippen molar-refractivity contribution in [3.8, 4) is 11.5 Å². The highest BCUT2D eigenvalue weighted by Gasteiger charge is 2.31. The number of halogens is 3. The van der Waals surface area contributed by atoms with Gasteiger partial charge in [0.05, 0.1) is 5.69 Å². The molecule has 1 fully saturated rings. The number of rotatable bonds is 3. The summed E-state index contributed by atoms with van der Waals surface area (Å²) in [6, 6.07) is 8.18. The monoisotopic (exact) mass is 397 g/mol. The Hall–Kier alpha value is -3.21. The molecule has 1 aromatic heterocycles. The van der Waals surface area contributed by atoms with Crippen LogP contribution >= 0.6 is 0 Å². The highest BCUT2D eigenvalue weighted by molar-refractivity contribution is 5.82. The zero-order chi connectivity index (χ0) is 20.1. The third-order valence-corrected chi connectivity index (χ3v) is 4.05. The molecule has 0 unspecified atom stereocenters. The third kappa shape index (κ3) is 4.94. The molecular formula is C17H18F3N5O3. The lowest BCUT2D eigenvalue weighted by atomic mass is 10.3. The second kappa shape index (κ2) is 8.21. The van der Waals surface area contributed by atoms with E-state index in [1.807, 2.05) is 10.4 Å². The fourth-order valence-electron chi connectivity index (χ4n) is 2.77. The van der Waals surface area contributed by atoms with Gasteiger partial charge in [-0.2, -0.15) is 0 Å². The van der Waals surface area contributed by atoms with E-state index < -0.39 is 6.36 Å². The zero-order valence-corrected chi connectivity index (χ0v) is 14.6. The number of ether oxygens (including phenoxy) is 1. The highest BCUT2D eigenvalue weighted by Crippen LogP contribution is 2.26. The minimum Gasteiger partial charge on any atom is -0.504 e. The van der Waals surface area contributed by atoms with Crippen molar-refractivity contribution < 1.29 is 28.2 Å². The first-order chi connectivity index (χ1) is 13.4. The number of hydrogen-bond donors (Lipinski definition) is 3. The van der Waals surface area contributed by atoms with E-state index in [4.69, 9.17) is 0 Å². The molecule has 8 nitrogen and oxygen atoms in total. The summed E-state index contributed by atoms with van der Waals surface area (Å²) in [7, 11) is 0. The standard InChI is InChI=1S/C17H18F3N5O3/c18-17(19,20)28-13-5-3-12(4-6-13)22-16(23-27)25-10-8-24(9-11-25)15-14(26)2-1-7-21-15/h1-7,26-27H,8-11H2,(H,22,23). The van der Waals surface area contributed by atoms with Crippen LogP contribution in [0.1, 0.15) is 0 Å². The van der Waals surface area contributed by atoms with E-state index in [-0.39, 0.29) is 17.5 Å². The molecule has 0 bridgehead atoms. The van der Waals surface area contributed by atoms with E-state index in [0.29, 0.717) is 37.7 Å². The van der Waals surface area contributed by atoms with Crippen LogP contribution in [-0.4, -0.2) is 58.7 Å². The smallest absolute Gasteiger partial charge is 0.504 e. The van der Waals surface area contributed by atoms with Crippen molar-refractivity contribution in [2.24, 2.45) is 4.99 Å². The lowest BCUT2D eigenvalue weighted by Crippen LogP contribution is -2.52. The van der Waals surface area contributed by atoms with Crippen LogP contribution < -0.4 is 15.1 Å². The number of nitrogens with one attached hydrogen (secondary N) is 1. The quantitative estimate of drug-likeness (QED) is 0.416. The van der Waals surface area contributed by atoms with Gasteiger partial charge in [0.25, 0.3) is 0 Å². The van der Waals surface area contributed by atoms with E-state index in [2.05, 4.69) is 14.7 Å². The summed E-state index contributed by atoms with van der Waals surface area (Å²) in [6.07, 6.45) is -3.17. The third-order valence-electron chi connectivity index (χ3n) is 4.05. The van der Waals surface area contributed by atoms with Gasteiger partial charge in [0.2, 0.25) is 5.96 Å². The van der Waals surface area contributed by atoms with E-state index >= 15 is 0 Å². The van der Waals surface area contributed by atoms with Gasteiger partial charge >= 0.3 is 6.36 Å². The number of piperazine rings is 1. The first kappa shape index (κ1) is 19.5. The Morgan fingerprint density at radius 3 is 2.36 bits per heavy atom. The number of guanidine groups is 1. The Bertz CT molecular complexity index is 822. The van der Waals surface area contributed by atoms with Gasteiger partial charge in [-0.05, 0) is 36.4 Å². The number of benzene rings is 1. The van der Waals surface area contributed by atoms with Crippen LogP contribution in [0.2, 0.25) is 0 Å². The molecule has 0 radical (unpaired) electrons. The summed E-state index contributed by atoms with van der Waals surface area (Å²) in [5.74, 6) is 0.382.